The number of phenolic OH excluding ortho intramolecular Hbond substituents is 6. The SMILES string of the molecule is O=C(OC1COC(=O)c2cc(OCc3ccccc3)c(OCc3ccccc3)c(OCc3ccccc3)c2-c2c(cc(OCc3ccccc3)c(OCc3ccccc3)c2OCc2ccccc2)C(=O)O[C@H]1[C@@H]1OC(=O)c2cc(O)c(OCc3ccccc3)c(O)c2-c2c(O)c(OCc3ccccc3)c(O)c3c2C(=O)O[C@H]1C3O)c1cc(O)c(OCc2ccccc2)c(O)c1. The Morgan fingerprint density at radius 2 is 0.585 bits per heavy atom. The first kappa shape index (κ1) is 85.6. The maximum absolute atomic E-state index is 17.7. The summed E-state index contributed by atoms with van der Waals surface area (Å²) in [6, 6.07) is 84.1. The van der Waals surface area contributed by atoms with E-state index in [1.807, 2.05) is 30.3 Å². The van der Waals surface area contributed by atoms with Crippen LogP contribution in [0, 0.1) is 0 Å². The van der Waals surface area contributed by atoms with Gasteiger partial charge in [0, 0.05) is 27.8 Å². The van der Waals surface area contributed by atoms with Crippen molar-refractivity contribution in [3.8, 4) is 108 Å². The predicted molar refractivity (Wildman–Crippen MR) is 469 cm³/mol. The molecule has 0 spiro atoms. The Labute approximate surface area is 743 Å². The molecule has 14 aromatic carbocycles. The van der Waals surface area contributed by atoms with Crippen LogP contribution in [0.2, 0.25) is 0 Å². The third kappa shape index (κ3) is 18.7. The molecular formula is C104H82O26. The van der Waals surface area contributed by atoms with Crippen LogP contribution in [0.15, 0.2) is 303 Å². The van der Waals surface area contributed by atoms with Crippen LogP contribution in [0.4, 0.5) is 0 Å². The summed E-state index contributed by atoms with van der Waals surface area (Å²) in [5.74, 6) is -17.2. The number of hydrogen-bond donors (Lipinski definition) is 7. The third-order valence-electron chi connectivity index (χ3n) is 21.8. The van der Waals surface area contributed by atoms with Crippen molar-refractivity contribution in [3.63, 3.8) is 0 Å². The number of aliphatic hydroxyl groups is 1. The summed E-state index contributed by atoms with van der Waals surface area (Å²) in [6.07, 6.45) is -13.1. The summed E-state index contributed by atoms with van der Waals surface area (Å²) in [5.41, 5.74) is -1.77. The predicted octanol–water partition coefficient (Wildman–Crippen LogP) is 18.2. The molecule has 0 fully saturated rings. The molecule has 26 nitrogen and oxygen atoms in total. The third-order valence-corrected chi connectivity index (χ3v) is 21.8. The Hall–Kier alpha value is -16.6. The highest BCUT2D eigenvalue weighted by Gasteiger charge is 2.55. The molecule has 4 aliphatic heterocycles. The smallest absolute Gasteiger partial charge is 0.339 e. The van der Waals surface area contributed by atoms with Gasteiger partial charge in [-0.2, -0.15) is 0 Å². The number of benzene rings is 14. The second-order valence-electron chi connectivity index (χ2n) is 30.5. The van der Waals surface area contributed by atoms with Crippen LogP contribution in [-0.2, 0) is 83.1 Å². The topological polar surface area (TPSA) is 356 Å². The molecule has 0 aromatic heterocycles. The second-order valence-corrected chi connectivity index (χ2v) is 30.5. The van der Waals surface area contributed by atoms with Crippen LogP contribution in [0.25, 0.3) is 22.3 Å². The quantitative estimate of drug-likeness (QED) is 0.0162. The van der Waals surface area contributed by atoms with Crippen LogP contribution in [0.1, 0.15) is 114 Å². The van der Waals surface area contributed by atoms with Crippen molar-refractivity contribution in [3.05, 3.63) is 387 Å². The molecule has 0 aliphatic carbocycles. The van der Waals surface area contributed by atoms with Gasteiger partial charge in [0.1, 0.15) is 72.2 Å². The number of aromatic hydroxyl groups is 6. The van der Waals surface area contributed by atoms with Crippen molar-refractivity contribution in [1.82, 2.24) is 0 Å². The van der Waals surface area contributed by atoms with Gasteiger partial charge in [-0.15, -0.1) is 0 Å². The van der Waals surface area contributed by atoms with Gasteiger partial charge in [-0.3, -0.25) is 0 Å². The number of rotatable bonds is 30. The normalized spacial score (nSPS) is 15.5. The number of cyclic esters (lactones) is 2. The highest BCUT2D eigenvalue weighted by Crippen LogP contribution is 2.60. The molecule has 18 rings (SSSR count). The first-order chi connectivity index (χ1) is 63.5. The van der Waals surface area contributed by atoms with Gasteiger partial charge in [0.2, 0.25) is 28.7 Å². The summed E-state index contributed by atoms with van der Waals surface area (Å²) in [4.78, 5) is 82.8. The summed E-state index contributed by atoms with van der Waals surface area (Å²) < 4.78 is 93.6. The standard InChI is InChI=1S/C104H82O26/c105-74-46-70(47-75(106)90(74)119-53-63-32-14-3-15-33-63)100(112)127-79-60-126-101(113)72-49-77(117-51-61-28-10-1-11-29-61)92(121-55-65-36-18-5-19-37-65)95(123-57-67-40-22-7-23-41-67)81(72)82-73(50-78(118-52-62-30-12-2-13-31-62)93(122-56-66-38-20-6-21-39-66)96(82)124-58-68-42-24-8-25-43-68)103(115)128-94(79)99-98-89(111)85-84(104(116)129-98)83(87(109)97(88(85)110)125-59-69-44-26-9-27-45-69)80-71(102(114)130-99)48-76(107)91(86(80)108)120-54-64-34-16-4-17-35-64/h1-50,79,89,94,98-99,105-111H,51-60H2/t79?,89?,94-,98+,99+/m1/s1. The first-order valence-electron chi connectivity index (χ1n) is 41.4. The Morgan fingerprint density at radius 1 is 0.285 bits per heavy atom. The van der Waals surface area contributed by atoms with Crippen molar-refractivity contribution >= 4 is 29.8 Å². The van der Waals surface area contributed by atoms with E-state index in [9.17, 15) is 35.7 Å². The monoisotopic (exact) mass is 1750 g/mol. The van der Waals surface area contributed by atoms with Gasteiger partial charge in [-0.05, 0) is 80.4 Å². The molecule has 5 atom stereocenters. The summed E-state index contributed by atoms with van der Waals surface area (Å²) >= 11 is 0. The van der Waals surface area contributed by atoms with Gasteiger partial charge in [-0.25, -0.2) is 24.0 Å². The Bertz CT molecular complexity index is 6430. The molecule has 0 radical (unpaired) electrons. The summed E-state index contributed by atoms with van der Waals surface area (Å²) in [6.45, 7) is -3.89. The van der Waals surface area contributed by atoms with E-state index in [2.05, 4.69) is 0 Å². The number of phenols is 6. The molecule has 4 aliphatic rings. The number of esters is 5. The fourth-order valence-electron chi connectivity index (χ4n) is 15.4. The Morgan fingerprint density at radius 3 is 0.969 bits per heavy atom. The molecule has 654 valence electrons. The molecule has 0 amide bonds. The molecule has 7 N–H and O–H groups in total. The van der Waals surface area contributed by atoms with Gasteiger partial charge in [0.05, 0.1) is 27.8 Å². The molecule has 130 heavy (non-hydrogen) atoms. The Balaban J connectivity index is 0.936. The highest BCUT2D eigenvalue weighted by atomic mass is 16.6. The molecule has 0 saturated heterocycles. The minimum absolute atomic E-state index is 0.160. The molecule has 4 heterocycles. The number of ether oxygens (including phenoxy) is 14. The lowest BCUT2D eigenvalue weighted by molar-refractivity contribution is -0.154. The van der Waals surface area contributed by atoms with Crippen molar-refractivity contribution < 1.29 is 126 Å². The zero-order valence-corrected chi connectivity index (χ0v) is 69.2. The van der Waals surface area contributed by atoms with Crippen LogP contribution in [0.3, 0.4) is 0 Å². The molecule has 4 bridgehead atoms. The minimum Gasteiger partial charge on any atom is -0.504 e. The van der Waals surface area contributed by atoms with Gasteiger partial charge >= 0.3 is 29.8 Å². The fourth-order valence-corrected chi connectivity index (χ4v) is 15.4. The number of carbonyl (C=O) groups excluding carboxylic acids is 5. The minimum atomic E-state index is -2.71. The largest absolute Gasteiger partial charge is 0.504 e. The number of carbonyl (C=O) groups is 5. The van der Waals surface area contributed by atoms with Crippen molar-refractivity contribution in [2.24, 2.45) is 0 Å². The van der Waals surface area contributed by atoms with Crippen LogP contribution in [0.5, 0.6) is 86.2 Å². The highest BCUT2D eigenvalue weighted by molar-refractivity contribution is 6.11. The van der Waals surface area contributed by atoms with Crippen molar-refractivity contribution in [2.75, 3.05) is 6.61 Å². The Kier molecular flexibility index (Phi) is 25.6. The number of fused-ring (bicyclic) bond motifs is 6. The van der Waals surface area contributed by atoms with Crippen LogP contribution < -0.4 is 42.6 Å². The van der Waals surface area contributed by atoms with E-state index >= 15 is 24.0 Å². The fraction of sp³-hybridized carbons (Fsp3) is 0.144. The average molecular weight is 1750 g/mol. The number of aliphatic hydroxyl groups excluding tert-OH is 1. The second kappa shape index (κ2) is 38.9. The lowest BCUT2D eigenvalue weighted by Gasteiger charge is -2.41. The lowest BCUT2D eigenvalue weighted by Crippen LogP contribution is -2.56. The maximum atomic E-state index is 17.7. The molecule has 2 unspecified atom stereocenters. The van der Waals surface area contributed by atoms with E-state index in [0.717, 1.165) is 18.2 Å². The van der Waals surface area contributed by atoms with E-state index < -0.39 is 175 Å². The number of hydrogen-bond acceptors (Lipinski definition) is 26. The van der Waals surface area contributed by atoms with E-state index in [0.29, 0.717) is 50.1 Å². The molecular weight excluding hydrogens is 1670 g/mol. The average Bonchev–Trinajstić information content (AvgIpc) is 0.760. The van der Waals surface area contributed by atoms with Gasteiger partial charge < -0.3 is 102 Å². The maximum Gasteiger partial charge on any atom is 0.339 e. The zero-order chi connectivity index (χ0) is 89.7. The van der Waals surface area contributed by atoms with Crippen LogP contribution >= 0.6 is 0 Å². The lowest BCUT2D eigenvalue weighted by atomic mass is 9.82. The summed E-state index contributed by atoms with van der Waals surface area (Å²) in [7, 11) is 0. The molecule has 26 heteroatoms. The van der Waals surface area contributed by atoms with Gasteiger partial charge in [0.15, 0.2) is 81.9 Å². The molecule has 14 aromatic rings. The van der Waals surface area contributed by atoms with Crippen molar-refractivity contribution in [2.45, 2.75) is 90.0 Å². The van der Waals surface area contributed by atoms with Gasteiger partial charge in [0.25, 0.3) is 0 Å². The van der Waals surface area contributed by atoms with Crippen LogP contribution in [-0.4, -0.2) is 96.6 Å². The van der Waals surface area contributed by atoms with E-state index in [1.54, 1.807) is 243 Å². The van der Waals surface area contributed by atoms with Gasteiger partial charge in [-0.1, -0.05) is 273 Å². The first-order valence-corrected chi connectivity index (χ1v) is 41.4. The molecule has 0 saturated carbocycles. The van der Waals surface area contributed by atoms with E-state index in [1.165, 1.54) is 12.1 Å². The zero-order valence-electron chi connectivity index (χ0n) is 69.2. The van der Waals surface area contributed by atoms with Crippen molar-refractivity contribution in [1.29, 1.82) is 0 Å². The van der Waals surface area contributed by atoms with E-state index in [-0.39, 0.29) is 92.9 Å². The summed E-state index contributed by atoms with van der Waals surface area (Å²) in [5, 5.41) is 88.1. The van der Waals surface area contributed by atoms with E-state index in [4.69, 9.17) is 66.3 Å².